The first-order chi connectivity index (χ1) is 11.9. The van der Waals surface area contributed by atoms with Crippen LogP contribution in [-0.4, -0.2) is 24.8 Å². The Morgan fingerprint density at radius 1 is 1.04 bits per heavy atom. The number of aryl methyl sites for hydroxylation is 1. The number of unbranched alkanes of at least 4 members (excludes halogenated alkanes) is 2. The summed E-state index contributed by atoms with van der Waals surface area (Å²) in [6, 6.07) is 9.48. The highest BCUT2D eigenvalue weighted by Crippen LogP contribution is 2.32. The van der Waals surface area contributed by atoms with Crippen molar-refractivity contribution in [1.82, 2.24) is 0 Å². The molecule has 0 amide bonds. The summed E-state index contributed by atoms with van der Waals surface area (Å²) < 4.78 is 33.8. The van der Waals surface area contributed by atoms with Crippen LogP contribution in [0.15, 0.2) is 35.2 Å². The predicted molar refractivity (Wildman–Crippen MR) is 102 cm³/mol. The number of nitrogens with two attached hydrogens (primary N) is 1. The van der Waals surface area contributed by atoms with Crippen LogP contribution in [0.25, 0.3) is 10.8 Å². The molecule has 0 radical (unpaired) electrons. The number of benzene rings is 2. The smallest absolute Gasteiger partial charge is 0.295 e. The highest BCUT2D eigenvalue weighted by atomic mass is 32.2. The third kappa shape index (κ3) is 6.08. The number of rotatable bonds is 7. The minimum Gasteiger partial charge on any atom is -0.382 e. The van der Waals surface area contributed by atoms with Gasteiger partial charge in [-0.05, 0) is 42.2 Å². The van der Waals surface area contributed by atoms with E-state index in [1.807, 2.05) is 18.2 Å². The molecule has 0 saturated heterocycles. The van der Waals surface area contributed by atoms with Crippen molar-refractivity contribution >= 4 is 20.9 Å². The molecule has 0 unspecified atom stereocenters. The van der Waals surface area contributed by atoms with Gasteiger partial charge in [0.05, 0.1) is 6.73 Å². The molecule has 4 N–H and O–H groups in total. The van der Waals surface area contributed by atoms with E-state index in [0.717, 1.165) is 48.6 Å². The molecule has 0 bridgehead atoms. The van der Waals surface area contributed by atoms with Crippen LogP contribution in [0, 0.1) is 0 Å². The Morgan fingerprint density at radius 3 is 2.16 bits per heavy atom. The highest BCUT2D eigenvalue weighted by Gasteiger charge is 2.22. The third-order valence-electron chi connectivity index (χ3n) is 4.03. The molecule has 0 spiro atoms. The van der Waals surface area contributed by atoms with Gasteiger partial charge in [0.1, 0.15) is 4.90 Å². The summed E-state index contributed by atoms with van der Waals surface area (Å²) >= 11 is 0. The summed E-state index contributed by atoms with van der Waals surface area (Å²) in [6.07, 6.45) is 5.52. The van der Waals surface area contributed by atoms with Crippen LogP contribution in [0.5, 0.6) is 0 Å². The molecule has 2 aromatic rings. The third-order valence-corrected chi connectivity index (χ3v) is 5.02. The molecule has 0 aromatic heterocycles. The molecule has 0 heterocycles. The monoisotopic (exact) mass is 367 g/mol. The van der Waals surface area contributed by atoms with Gasteiger partial charge in [0, 0.05) is 5.39 Å². The second-order valence-corrected chi connectivity index (χ2v) is 7.29. The maximum Gasteiger partial charge on any atom is 0.295 e. The number of hydrogen-bond acceptors (Lipinski definition) is 4. The first-order valence-electron chi connectivity index (χ1n) is 8.72. The van der Waals surface area contributed by atoms with Gasteiger partial charge in [0.15, 0.2) is 0 Å². The van der Waals surface area contributed by atoms with Crippen molar-refractivity contribution in [1.29, 1.82) is 0 Å². The average Bonchev–Trinajstić information content (AvgIpc) is 2.56. The highest BCUT2D eigenvalue weighted by molar-refractivity contribution is 7.86. The van der Waals surface area contributed by atoms with Crippen LogP contribution in [-0.2, 0) is 23.0 Å². The van der Waals surface area contributed by atoms with E-state index < -0.39 is 10.1 Å². The van der Waals surface area contributed by atoms with E-state index >= 15 is 0 Å². The summed E-state index contributed by atoms with van der Waals surface area (Å²) in [5.41, 5.74) is 6.26. The molecule has 5 nitrogen and oxygen atoms in total. The first kappa shape index (κ1) is 21.6. The zero-order valence-corrected chi connectivity index (χ0v) is 15.8. The van der Waals surface area contributed by atoms with Gasteiger partial charge in [-0.3, -0.25) is 4.55 Å². The van der Waals surface area contributed by atoms with Gasteiger partial charge in [0.25, 0.3) is 10.1 Å². The summed E-state index contributed by atoms with van der Waals surface area (Å²) in [7, 11) is -4.24. The Labute approximate surface area is 150 Å². The number of aliphatic hydroxyl groups excluding tert-OH is 1. The van der Waals surface area contributed by atoms with Crippen molar-refractivity contribution in [2.75, 3.05) is 6.73 Å². The van der Waals surface area contributed by atoms with E-state index in [-0.39, 0.29) is 11.6 Å². The van der Waals surface area contributed by atoms with Crippen molar-refractivity contribution in [2.24, 2.45) is 5.73 Å². The number of aliphatic hydroxyl groups is 1. The quantitative estimate of drug-likeness (QED) is 0.512. The fourth-order valence-corrected chi connectivity index (χ4v) is 3.93. The maximum absolute atomic E-state index is 12.0. The Morgan fingerprint density at radius 2 is 1.60 bits per heavy atom. The van der Waals surface area contributed by atoms with Crippen LogP contribution in [0.4, 0.5) is 0 Å². The van der Waals surface area contributed by atoms with E-state index in [2.05, 4.69) is 25.6 Å². The van der Waals surface area contributed by atoms with Crippen molar-refractivity contribution < 1.29 is 18.1 Å². The lowest BCUT2D eigenvalue weighted by molar-refractivity contribution is 0.307. The van der Waals surface area contributed by atoms with Crippen molar-refractivity contribution in [3.05, 3.63) is 41.5 Å². The predicted octanol–water partition coefficient (Wildman–Crippen LogP) is 3.67. The summed E-state index contributed by atoms with van der Waals surface area (Å²) in [4.78, 5) is 0.116. The molecule has 0 aliphatic rings. The summed E-state index contributed by atoms with van der Waals surface area (Å²) in [5, 5.41) is 8.85. The average molecular weight is 368 g/mol. The number of fused-ring (bicyclic) bond motifs is 1. The van der Waals surface area contributed by atoms with Crippen LogP contribution in [0.2, 0.25) is 0 Å². The summed E-state index contributed by atoms with van der Waals surface area (Å²) in [6.45, 7) is 3.95. The van der Waals surface area contributed by atoms with Crippen molar-refractivity contribution in [3.63, 3.8) is 0 Å². The van der Waals surface area contributed by atoms with Crippen molar-refractivity contribution in [3.8, 4) is 0 Å². The van der Waals surface area contributed by atoms with E-state index in [9.17, 15) is 13.0 Å². The minimum absolute atomic E-state index is 0.116. The Bertz CT molecular complexity index is 772. The van der Waals surface area contributed by atoms with Crippen LogP contribution in [0.3, 0.4) is 0 Å². The van der Waals surface area contributed by atoms with Gasteiger partial charge in [-0.15, -0.1) is 0 Å². The summed E-state index contributed by atoms with van der Waals surface area (Å²) in [5.74, 6) is 0. The maximum atomic E-state index is 12.0. The van der Waals surface area contributed by atoms with Gasteiger partial charge in [-0.1, -0.05) is 57.0 Å². The molecular formula is C19H29NO4S. The Balaban J connectivity index is 0.000000970. The molecule has 0 aliphatic heterocycles. The zero-order chi connectivity index (χ0) is 18.9. The lowest BCUT2D eigenvalue weighted by Gasteiger charge is -2.16. The van der Waals surface area contributed by atoms with Crippen LogP contribution < -0.4 is 5.73 Å². The molecule has 25 heavy (non-hydrogen) atoms. The normalized spacial score (nSPS) is 11.2. The van der Waals surface area contributed by atoms with Gasteiger partial charge in [0.2, 0.25) is 0 Å². The molecule has 6 heteroatoms. The minimum atomic E-state index is -4.24. The van der Waals surface area contributed by atoms with Crippen molar-refractivity contribution in [2.45, 2.75) is 57.3 Å². The second kappa shape index (κ2) is 10.5. The van der Waals surface area contributed by atoms with E-state index in [4.69, 9.17) is 5.11 Å². The molecule has 0 atom stereocenters. The molecule has 0 aliphatic carbocycles. The lowest BCUT2D eigenvalue weighted by Crippen LogP contribution is -2.08. The molecule has 0 fully saturated rings. The van der Waals surface area contributed by atoms with Gasteiger partial charge >= 0.3 is 0 Å². The first-order valence-corrected chi connectivity index (χ1v) is 10.2. The largest absolute Gasteiger partial charge is 0.382 e. The molecule has 0 saturated carbocycles. The topological polar surface area (TPSA) is 101 Å². The number of hydrogen-bond donors (Lipinski definition) is 3. The van der Waals surface area contributed by atoms with Gasteiger partial charge in [-0.25, -0.2) is 0 Å². The molecule has 140 valence electrons. The molecular weight excluding hydrogens is 338 g/mol. The van der Waals surface area contributed by atoms with Crippen LogP contribution >= 0.6 is 0 Å². The fourth-order valence-electron chi connectivity index (χ4n) is 2.93. The second-order valence-electron chi connectivity index (χ2n) is 5.93. The van der Waals surface area contributed by atoms with E-state index in [1.165, 1.54) is 0 Å². The molecule has 2 aromatic carbocycles. The Hall–Kier alpha value is -1.47. The lowest BCUT2D eigenvalue weighted by atomic mass is 9.94. The van der Waals surface area contributed by atoms with Crippen LogP contribution in [0.1, 0.15) is 50.7 Å². The van der Waals surface area contributed by atoms with E-state index in [1.54, 1.807) is 6.07 Å². The SMILES string of the molecule is CCCCc1cc2ccccc2c(S(=O)(=O)O)c1CCCC.NCO. The fraction of sp³-hybridized carbons (Fsp3) is 0.474. The zero-order valence-electron chi connectivity index (χ0n) is 15.0. The Kier molecular flexibility index (Phi) is 9.06. The van der Waals surface area contributed by atoms with E-state index in [0.29, 0.717) is 11.8 Å². The standard InChI is InChI=1S/C18H24O3S.CH5NO/c1-3-5-9-14-13-15-10-7-8-12-17(15)18(22(19,20)21)16(14)11-6-4-2;2-1-3/h7-8,10,12-13H,3-6,9,11H2,1-2H3,(H,19,20,21);3H,1-2H2. The van der Waals surface area contributed by atoms with Gasteiger partial charge in [-0.2, -0.15) is 8.42 Å². The molecule has 2 rings (SSSR count). The van der Waals surface area contributed by atoms with Gasteiger partial charge < -0.3 is 10.8 Å².